The summed E-state index contributed by atoms with van der Waals surface area (Å²) in [5, 5.41) is 3.40. The Balaban J connectivity index is 2.76. The summed E-state index contributed by atoms with van der Waals surface area (Å²) < 4.78 is 17.2. The molecule has 114 valence electrons. The molecule has 4 nitrogen and oxygen atoms in total. The first-order valence-corrected chi connectivity index (χ1v) is 7.63. The molecule has 0 spiro atoms. The van der Waals surface area contributed by atoms with Crippen LogP contribution in [0, 0.1) is 0 Å². The van der Waals surface area contributed by atoms with Gasteiger partial charge in [-0.2, -0.15) is 0 Å². The molecule has 0 saturated heterocycles. The summed E-state index contributed by atoms with van der Waals surface area (Å²) in [6.45, 7) is 6.30. The Bertz CT molecular complexity index is 412. The third kappa shape index (κ3) is 5.31. The fourth-order valence-electron chi connectivity index (χ4n) is 1.82. The molecule has 0 aromatic heterocycles. The van der Waals surface area contributed by atoms with Gasteiger partial charge in [0, 0.05) is 19.7 Å². The van der Waals surface area contributed by atoms with Gasteiger partial charge in [-0.25, -0.2) is 0 Å². The molecule has 5 heteroatoms. The van der Waals surface area contributed by atoms with Gasteiger partial charge in [-0.05, 0) is 47.0 Å². The van der Waals surface area contributed by atoms with Crippen LogP contribution in [0.3, 0.4) is 0 Å². The van der Waals surface area contributed by atoms with Crippen LogP contribution in [0.2, 0.25) is 0 Å². The van der Waals surface area contributed by atoms with Crippen LogP contribution >= 0.6 is 15.9 Å². The summed E-state index contributed by atoms with van der Waals surface area (Å²) in [4.78, 5) is 0. The van der Waals surface area contributed by atoms with Crippen molar-refractivity contribution in [3.05, 3.63) is 22.2 Å². The molecule has 0 aliphatic rings. The van der Waals surface area contributed by atoms with Crippen LogP contribution in [-0.4, -0.2) is 33.5 Å². The second-order valence-corrected chi connectivity index (χ2v) is 5.55. The Labute approximate surface area is 129 Å². The van der Waals surface area contributed by atoms with Crippen LogP contribution < -0.4 is 14.8 Å². The zero-order valence-corrected chi connectivity index (χ0v) is 14.2. The first-order valence-electron chi connectivity index (χ1n) is 6.83. The number of methoxy groups -OCH3 is 2. The van der Waals surface area contributed by atoms with E-state index >= 15 is 0 Å². The van der Waals surface area contributed by atoms with Crippen LogP contribution in [0.4, 0.5) is 0 Å². The van der Waals surface area contributed by atoms with Gasteiger partial charge in [0.25, 0.3) is 0 Å². The highest BCUT2D eigenvalue weighted by Gasteiger charge is 2.12. The SMILES string of the molecule is CCCOc1c(Br)cc(CNC(C)COC)cc1OC. The second kappa shape index (κ2) is 9.21. The summed E-state index contributed by atoms with van der Waals surface area (Å²) in [5.74, 6) is 1.52. The Morgan fingerprint density at radius 1 is 1.30 bits per heavy atom. The quantitative estimate of drug-likeness (QED) is 0.744. The number of ether oxygens (including phenoxy) is 3. The number of halogens is 1. The molecule has 20 heavy (non-hydrogen) atoms. The fraction of sp³-hybridized carbons (Fsp3) is 0.600. The third-order valence-electron chi connectivity index (χ3n) is 2.81. The summed E-state index contributed by atoms with van der Waals surface area (Å²) in [6.07, 6.45) is 0.966. The van der Waals surface area contributed by atoms with E-state index in [9.17, 15) is 0 Å². The third-order valence-corrected chi connectivity index (χ3v) is 3.40. The lowest BCUT2D eigenvalue weighted by molar-refractivity contribution is 0.171. The molecule has 0 aliphatic heterocycles. The van der Waals surface area contributed by atoms with Crippen molar-refractivity contribution in [2.45, 2.75) is 32.9 Å². The lowest BCUT2D eigenvalue weighted by atomic mass is 10.2. The molecule has 1 aromatic carbocycles. The number of benzene rings is 1. The van der Waals surface area contributed by atoms with Crippen LogP contribution in [0.5, 0.6) is 11.5 Å². The van der Waals surface area contributed by atoms with Crippen molar-refractivity contribution in [1.82, 2.24) is 5.32 Å². The molecule has 0 fully saturated rings. The summed E-state index contributed by atoms with van der Waals surface area (Å²) in [7, 11) is 3.36. The lowest BCUT2D eigenvalue weighted by Crippen LogP contribution is -2.29. The second-order valence-electron chi connectivity index (χ2n) is 4.69. The Hall–Kier alpha value is -0.780. The molecule has 0 radical (unpaired) electrons. The molecule has 1 N–H and O–H groups in total. The minimum Gasteiger partial charge on any atom is -0.493 e. The zero-order chi connectivity index (χ0) is 15.0. The molecule has 1 unspecified atom stereocenters. The van der Waals surface area contributed by atoms with E-state index in [1.165, 1.54) is 0 Å². The van der Waals surface area contributed by atoms with E-state index in [0.717, 1.165) is 34.5 Å². The molecule has 1 aromatic rings. The van der Waals surface area contributed by atoms with E-state index in [-0.39, 0.29) is 0 Å². The number of hydrogen-bond acceptors (Lipinski definition) is 4. The van der Waals surface area contributed by atoms with Crippen LogP contribution in [0.25, 0.3) is 0 Å². The van der Waals surface area contributed by atoms with Gasteiger partial charge in [-0.3, -0.25) is 0 Å². The van der Waals surface area contributed by atoms with Gasteiger partial charge in [0.1, 0.15) is 0 Å². The predicted octanol–water partition coefficient (Wildman–Crippen LogP) is 3.37. The maximum absolute atomic E-state index is 5.71. The van der Waals surface area contributed by atoms with Crippen molar-refractivity contribution in [3.8, 4) is 11.5 Å². The topological polar surface area (TPSA) is 39.7 Å². The van der Waals surface area contributed by atoms with E-state index in [1.54, 1.807) is 14.2 Å². The van der Waals surface area contributed by atoms with Crippen LogP contribution in [0.15, 0.2) is 16.6 Å². The van der Waals surface area contributed by atoms with Gasteiger partial charge >= 0.3 is 0 Å². The highest BCUT2D eigenvalue weighted by Crippen LogP contribution is 2.36. The minimum atomic E-state index is 0.306. The summed E-state index contributed by atoms with van der Waals surface area (Å²) >= 11 is 3.55. The minimum absolute atomic E-state index is 0.306. The predicted molar refractivity (Wildman–Crippen MR) is 84.7 cm³/mol. The van der Waals surface area contributed by atoms with Crippen molar-refractivity contribution in [1.29, 1.82) is 0 Å². The smallest absolute Gasteiger partial charge is 0.175 e. The number of nitrogens with one attached hydrogen (secondary N) is 1. The zero-order valence-electron chi connectivity index (χ0n) is 12.7. The molecule has 1 rings (SSSR count). The fourth-order valence-corrected chi connectivity index (χ4v) is 2.42. The Kier molecular flexibility index (Phi) is 7.95. The van der Waals surface area contributed by atoms with Gasteiger partial charge < -0.3 is 19.5 Å². The average Bonchev–Trinajstić information content (AvgIpc) is 2.43. The van der Waals surface area contributed by atoms with Gasteiger partial charge in [-0.15, -0.1) is 0 Å². The Morgan fingerprint density at radius 2 is 2.05 bits per heavy atom. The molecular formula is C15H24BrNO3. The number of hydrogen-bond donors (Lipinski definition) is 1. The van der Waals surface area contributed by atoms with Crippen molar-refractivity contribution in [3.63, 3.8) is 0 Å². The highest BCUT2D eigenvalue weighted by molar-refractivity contribution is 9.10. The average molecular weight is 346 g/mol. The van der Waals surface area contributed by atoms with Crippen LogP contribution in [0.1, 0.15) is 25.8 Å². The van der Waals surface area contributed by atoms with E-state index in [1.807, 2.05) is 6.07 Å². The molecule has 0 heterocycles. The molecule has 0 aliphatic carbocycles. The molecular weight excluding hydrogens is 322 g/mol. The van der Waals surface area contributed by atoms with Gasteiger partial charge in [0.2, 0.25) is 0 Å². The van der Waals surface area contributed by atoms with Crippen molar-refractivity contribution < 1.29 is 14.2 Å². The molecule has 0 bridgehead atoms. The number of rotatable bonds is 9. The summed E-state index contributed by atoms with van der Waals surface area (Å²) in [6, 6.07) is 4.36. The Morgan fingerprint density at radius 3 is 2.65 bits per heavy atom. The van der Waals surface area contributed by atoms with Gasteiger partial charge in [0.05, 0.1) is 24.8 Å². The molecule has 0 saturated carbocycles. The van der Waals surface area contributed by atoms with Crippen LogP contribution in [-0.2, 0) is 11.3 Å². The van der Waals surface area contributed by atoms with Gasteiger partial charge in [0.15, 0.2) is 11.5 Å². The van der Waals surface area contributed by atoms with E-state index < -0.39 is 0 Å². The van der Waals surface area contributed by atoms with Crippen molar-refractivity contribution in [2.75, 3.05) is 27.4 Å². The van der Waals surface area contributed by atoms with E-state index in [0.29, 0.717) is 19.3 Å². The maximum Gasteiger partial charge on any atom is 0.175 e. The lowest BCUT2D eigenvalue weighted by Gasteiger charge is -2.16. The van der Waals surface area contributed by atoms with Crippen molar-refractivity contribution in [2.24, 2.45) is 0 Å². The molecule has 0 amide bonds. The highest BCUT2D eigenvalue weighted by atomic mass is 79.9. The monoisotopic (exact) mass is 345 g/mol. The van der Waals surface area contributed by atoms with E-state index in [2.05, 4.69) is 41.2 Å². The summed E-state index contributed by atoms with van der Waals surface area (Å²) in [5.41, 5.74) is 1.14. The molecule has 1 atom stereocenters. The largest absolute Gasteiger partial charge is 0.493 e. The standard InChI is InChI=1S/C15H24BrNO3/c1-5-6-20-15-13(16)7-12(8-14(15)19-4)9-17-11(2)10-18-3/h7-8,11,17H,5-6,9-10H2,1-4H3. The van der Waals surface area contributed by atoms with E-state index in [4.69, 9.17) is 14.2 Å². The van der Waals surface area contributed by atoms with Crippen molar-refractivity contribution >= 4 is 15.9 Å². The first-order chi connectivity index (χ1) is 9.62. The normalized spacial score (nSPS) is 12.2. The van der Waals surface area contributed by atoms with Gasteiger partial charge in [-0.1, -0.05) is 6.92 Å². The maximum atomic E-state index is 5.71. The first kappa shape index (κ1) is 17.3.